The van der Waals surface area contributed by atoms with E-state index in [0.717, 1.165) is 12.2 Å². The minimum atomic E-state index is -1.12. The second-order valence-electron chi connectivity index (χ2n) is 4.76. The summed E-state index contributed by atoms with van der Waals surface area (Å²) < 4.78 is 11.5. The van der Waals surface area contributed by atoms with E-state index in [0.29, 0.717) is 12.2 Å². The lowest BCUT2D eigenvalue weighted by Gasteiger charge is -2.36. The molecule has 15 heavy (non-hydrogen) atoms. The van der Waals surface area contributed by atoms with Gasteiger partial charge in [-0.15, -0.1) is 11.8 Å². The maximum Gasteiger partial charge on any atom is 0.0906 e. The molecule has 0 saturated carbocycles. The number of hydrogen-bond donors (Lipinski definition) is 2. The molecule has 2 N–H and O–H groups in total. The van der Waals surface area contributed by atoms with Crippen LogP contribution in [0.1, 0.15) is 33.6 Å². The molecule has 3 nitrogen and oxygen atoms in total. The molecular weight excluding hydrogens is 232 g/mol. The molecule has 1 aliphatic heterocycles. The molecule has 0 bridgehead atoms. The van der Waals surface area contributed by atoms with Crippen LogP contribution in [-0.4, -0.2) is 41.7 Å². The van der Waals surface area contributed by atoms with Crippen molar-refractivity contribution in [2.24, 2.45) is 0 Å². The fourth-order valence-corrected chi connectivity index (χ4v) is 4.90. The summed E-state index contributed by atoms with van der Waals surface area (Å²) in [6.07, 6.45) is 0.538. The van der Waals surface area contributed by atoms with Crippen molar-refractivity contribution in [1.29, 1.82) is 0 Å². The summed E-state index contributed by atoms with van der Waals surface area (Å²) in [6.45, 7) is 5.08. The Morgan fingerprint density at radius 3 is 2.67 bits per heavy atom. The van der Waals surface area contributed by atoms with Crippen LogP contribution >= 0.6 is 11.8 Å². The van der Waals surface area contributed by atoms with Crippen molar-refractivity contribution in [3.8, 4) is 0 Å². The molecular formula is C10H20O3S2. The van der Waals surface area contributed by atoms with Gasteiger partial charge in [-0.05, 0) is 32.9 Å². The van der Waals surface area contributed by atoms with E-state index in [1.54, 1.807) is 25.6 Å². The first-order chi connectivity index (χ1) is 6.76. The largest absolute Gasteiger partial charge is 0.390 e. The summed E-state index contributed by atoms with van der Waals surface area (Å²) in [6, 6.07) is 0. The molecule has 1 aliphatic rings. The second-order valence-corrected chi connectivity index (χ2v) is 8.62. The fraction of sp³-hybridized carbons (Fsp3) is 1.00. The second kappa shape index (κ2) is 4.73. The van der Waals surface area contributed by atoms with Crippen LogP contribution in [0, 0.1) is 0 Å². The number of hydrogen-bond acceptors (Lipinski definition) is 4. The van der Waals surface area contributed by atoms with Gasteiger partial charge in [0.15, 0.2) is 0 Å². The Morgan fingerprint density at radius 2 is 2.20 bits per heavy atom. The molecule has 90 valence electrons. The summed E-state index contributed by atoms with van der Waals surface area (Å²) in [5.41, 5.74) is -1.12. The van der Waals surface area contributed by atoms with E-state index in [1.807, 2.05) is 6.92 Å². The van der Waals surface area contributed by atoms with Crippen LogP contribution in [0.2, 0.25) is 0 Å². The maximum absolute atomic E-state index is 11.9. The van der Waals surface area contributed by atoms with Gasteiger partial charge in [-0.25, -0.2) is 0 Å². The van der Waals surface area contributed by atoms with Crippen LogP contribution in [0.5, 0.6) is 0 Å². The van der Waals surface area contributed by atoms with E-state index in [4.69, 9.17) is 0 Å². The van der Waals surface area contributed by atoms with Gasteiger partial charge in [0, 0.05) is 23.0 Å². The van der Waals surface area contributed by atoms with E-state index < -0.39 is 26.6 Å². The Labute approximate surface area is 98.1 Å². The standard InChI is InChI=1S/C10H20O3S2/c1-9(2,12)8(11)7-10(3)14-5-4-6-15(10)13/h8,11-12H,4-7H2,1-3H3/t8-,10+,15?/m0/s1. The summed E-state index contributed by atoms with van der Waals surface area (Å²) in [4.78, 5) is 0. The zero-order chi connectivity index (χ0) is 11.7. The van der Waals surface area contributed by atoms with Crippen molar-refractivity contribution in [3.05, 3.63) is 0 Å². The van der Waals surface area contributed by atoms with Gasteiger partial charge < -0.3 is 10.2 Å². The lowest BCUT2D eigenvalue weighted by molar-refractivity contribution is -0.0520. The molecule has 1 saturated heterocycles. The van der Waals surface area contributed by atoms with Crippen molar-refractivity contribution in [1.82, 2.24) is 0 Å². The van der Waals surface area contributed by atoms with Crippen molar-refractivity contribution in [2.45, 2.75) is 49.4 Å². The quantitative estimate of drug-likeness (QED) is 0.790. The number of rotatable bonds is 3. The van der Waals surface area contributed by atoms with E-state index in [1.165, 1.54) is 0 Å². The van der Waals surface area contributed by atoms with Gasteiger partial charge >= 0.3 is 0 Å². The molecule has 5 heteroatoms. The molecule has 1 heterocycles. The van der Waals surface area contributed by atoms with Gasteiger partial charge in [0.2, 0.25) is 0 Å². The van der Waals surface area contributed by atoms with Crippen LogP contribution in [-0.2, 0) is 10.8 Å². The first-order valence-electron chi connectivity index (χ1n) is 5.18. The highest BCUT2D eigenvalue weighted by atomic mass is 32.2. The third-order valence-corrected chi connectivity index (χ3v) is 6.71. The Hall–Kier alpha value is 0.420. The smallest absolute Gasteiger partial charge is 0.0906 e. The third kappa shape index (κ3) is 3.44. The summed E-state index contributed by atoms with van der Waals surface area (Å²) in [7, 11) is -0.907. The molecule has 1 fully saturated rings. The van der Waals surface area contributed by atoms with Crippen LogP contribution in [0.4, 0.5) is 0 Å². The average molecular weight is 252 g/mol. The van der Waals surface area contributed by atoms with Gasteiger partial charge in [-0.1, -0.05) is 0 Å². The van der Waals surface area contributed by atoms with Crippen molar-refractivity contribution < 1.29 is 14.4 Å². The minimum Gasteiger partial charge on any atom is -0.390 e. The molecule has 0 aromatic heterocycles. The summed E-state index contributed by atoms with van der Waals surface area (Å²) >= 11 is 1.65. The number of aliphatic hydroxyl groups excluding tert-OH is 1. The first-order valence-corrected chi connectivity index (χ1v) is 7.49. The van der Waals surface area contributed by atoms with E-state index in [2.05, 4.69) is 0 Å². The van der Waals surface area contributed by atoms with Crippen LogP contribution in [0.15, 0.2) is 0 Å². The Bertz CT molecular complexity index is 250. The topological polar surface area (TPSA) is 57.5 Å². The zero-order valence-electron chi connectivity index (χ0n) is 9.52. The van der Waals surface area contributed by atoms with E-state index in [-0.39, 0.29) is 0 Å². The highest BCUT2D eigenvalue weighted by Crippen LogP contribution is 2.39. The molecule has 0 aromatic carbocycles. The fourth-order valence-electron chi connectivity index (χ4n) is 1.51. The van der Waals surface area contributed by atoms with Gasteiger partial charge in [0.25, 0.3) is 0 Å². The van der Waals surface area contributed by atoms with E-state index >= 15 is 0 Å². The Morgan fingerprint density at radius 1 is 1.60 bits per heavy atom. The lowest BCUT2D eigenvalue weighted by Crippen LogP contribution is -2.44. The molecule has 0 radical (unpaired) electrons. The average Bonchev–Trinajstić information content (AvgIpc) is 2.09. The number of aliphatic hydroxyl groups is 2. The van der Waals surface area contributed by atoms with Crippen molar-refractivity contribution >= 4 is 22.6 Å². The predicted octanol–water partition coefficient (Wildman–Crippen LogP) is 1.11. The Kier molecular flexibility index (Phi) is 4.26. The molecule has 3 atom stereocenters. The SMILES string of the molecule is CC(C)(O)[C@@H](O)C[C@]1(C)SCCCS1=O. The number of thioether (sulfide) groups is 1. The molecule has 1 unspecified atom stereocenters. The lowest BCUT2D eigenvalue weighted by atomic mass is 9.98. The van der Waals surface area contributed by atoms with Crippen molar-refractivity contribution in [2.75, 3.05) is 11.5 Å². The van der Waals surface area contributed by atoms with Gasteiger partial charge in [-0.2, -0.15) is 0 Å². The van der Waals surface area contributed by atoms with E-state index in [9.17, 15) is 14.4 Å². The molecule has 0 amide bonds. The third-order valence-electron chi connectivity index (χ3n) is 2.74. The van der Waals surface area contributed by atoms with Crippen LogP contribution in [0.25, 0.3) is 0 Å². The van der Waals surface area contributed by atoms with Gasteiger partial charge in [0.05, 0.1) is 15.8 Å². The Balaban J connectivity index is 2.66. The molecule has 1 rings (SSSR count). The maximum atomic E-state index is 11.9. The molecule has 0 spiro atoms. The highest BCUT2D eigenvalue weighted by Gasteiger charge is 2.40. The summed E-state index contributed by atoms with van der Waals surface area (Å²) in [5.74, 6) is 1.70. The van der Waals surface area contributed by atoms with Crippen molar-refractivity contribution in [3.63, 3.8) is 0 Å². The first kappa shape index (κ1) is 13.5. The minimum absolute atomic E-state index is 0.383. The van der Waals surface area contributed by atoms with Gasteiger partial charge in [0.1, 0.15) is 0 Å². The molecule has 0 aromatic rings. The molecule has 0 aliphatic carbocycles. The normalized spacial score (nSPS) is 35.1. The monoisotopic (exact) mass is 252 g/mol. The van der Waals surface area contributed by atoms with Crippen LogP contribution in [0.3, 0.4) is 0 Å². The van der Waals surface area contributed by atoms with Crippen LogP contribution < -0.4 is 0 Å². The van der Waals surface area contributed by atoms with Gasteiger partial charge in [-0.3, -0.25) is 4.21 Å². The predicted molar refractivity (Wildman–Crippen MR) is 65.4 cm³/mol. The highest BCUT2D eigenvalue weighted by molar-refractivity contribution is 8.13. The zero-order valence-corrected chi connectivity index (χ0v) is 11.2. The summed E-state index contributed by atoms with van der Waals surface area (Å²) in [5, 5.41) is 19.5.